The highest BCUT2D eigenvalue weighted by molar-refractivity contribution is 5.97. The van der Waals surface area contributed by atoms with Gasteiger partial charge in [-0.15, -0.1) is 0 Å². The molecule has 2 heteroatoms. The van der Waals surface area contributed by atoms with Crippen LogP contribution in [0.5, 0.6) is 5.75 Å². The van der Waals surface area contributed by atoms with Crippen LogP contribution in [0.2, 0.25) is 0 Å². The van der Waals surface area contributed by atoms with Crippen molar-refractivity contribution in [3.63, 3.8) is 0 Å². The van der Waals surface area contributed by atoms with Gasteiger partial charge >= 0.3 is 5.97 Å². The lowest BCUT2D eigenvalue weighted by Gasteiger charge is -2.08. The smallest absolute Gasteiger partial charge is 0.339 e. The molecule has 0 heterocycles. The van der Waals surface area contributed by atoms with Crippen LogP contribution in [0.4, 0.5) is 0 Å². The van der Waals surface area contributed by atoms with Crippen LogP contribution in [0.1, 0.15) is 19.4 Å². The fraction of sp³-hybridized carbons (Fsp3) is 0.118. The molecular formula is C17H16O2. The van der Waals surface area contributed by atoms with Crippen molar-refractivity contribution in [2.45, 2.75) is 13.8 Å². The first-order valence-electron chi connectivity index (χ1n) is 6.18. The number of allylic oxidation sites excluding steroid dienone is 1. The van der Waals surface area contributed by atoms with E-state index in [1.807, 2.05) is 55.5 Å². The summed E-state index contributed by atoms with van der Waals surface area (Å²) >= 11 is 0. The zero-order valence-corrected chi connectivity index (χ0v) is 11.1. The molecule has 2 rings (SSSR count). The Kier molecular flexibility index (Phi) is 4.14. The van der Waals surface area contributed by atoms with Crippen molar-refractivity contribution < 1.29 is 9.53 Å². The summed E-state index contributed by atoms with van der Waals surface area (Å²) in [6, 6.07) is 18.9. The van der Waals surface area contributed by atoms with Crippen molar-refractivity contribution in [1.29, 1.82) is 0 Å². The maximum Gasteiger partial charge on any atom is 0.339 e. The van der Waals surface area contributed by atoms with E-state index in [9.17, 15) is 4.79 Å². The normalized spacial score (nSPS) is 11.7. The Hall–Kier alpha value is -2.35. The number of hydrogen-bond acceptors (Lipinski definition) is 2. The van der Waals surface area contributed by atoms with Crippen LogP contribution >= 0.6 is 0 Å². The van der Waals surface area contributed by atoms with Gasteiger partial charge in [-0.25, -0.2) is 4.79 Å². The van der Waals surface area contributed by atoms with E-state index >= 15 is 0 Å². The van der Waals surface area contributed by atoms with E-state index in [1.165, 1.54) is 0 Å². The fourth-order valence-electron chi connectivity index (χ4n) is 1.73. The van der Waals surface area contributed by atoms with E-state index in [0.717, 1.165) is 11.1 Å². The minimum absolute atomic E-state index is 0.312. The highest BCUT2D eigenvalue weighted by Crippen LogP contribution is 2.19. The van der Waals surface area contributed by atoms with Crippen LogP contribution in [0.25, 0.3) is 5.57 Å². The number of hydrogen-bond donors (Lipinski definition) is 0. The lowest BCUT2D eigenvalue weighted by atomic mass is 10.0. The minimum Gasteiger partial charge on any atom is -0.423 e. The van der Waals surface area contributed by atoms with Gasteiger partial charge in [0.1, 0.15) is 5.75 Å². The monoisotopic (exact) mass is 252 g/mol. The molecule has 0 amide bonds. The second-order valence-electron chi connectivity index (χ2n) is 4.32. The predicted molar refractivity (Wildman–Crippen MR) is 76.8 cm³/mol. The van der Waals surface area contributed by atoms with Crippen LogP contribution in [0, 0.1) is 0 Å². The number of rotatable bonds is 3. The van der Waals surface area contributed by atoms with E-state index in [-0.39, 0.29) is 5.97 Å². The zero-order valence-electron chi connectivity index (χ0n) is 11.1. The summed E-state index contributed by atoms with van der Waals surface area (Å²) < 4.78 is 5.32. The molecule has 0 saturated heterocycles. The highest BCUT2D eigenvalue weighted by Gasteiger charge is 2.11. The number of carbonyl (C=O) groups is 1. The summed E-state index contributed by atoms with van der Waals surface area (Å²) in [5, 5.41) is 0. The summed E-state index contributed by atoms with van der Waals surface area (Å²) in [6.45, 7) is 3.71. The lowest BCUT2D eigenvalue weighted by Crippen LogP contribution is -2.10. The number of benzene rings is 2. The van der Waals surface area contributed by atoms with Crippen molar-refractivity contribution in [2.24, 2.45) is 0 Å². The van der Waals surface area contributed by atoms with Gasteiger partial charge in [0.15, 0.2) is 0 Å². The summed E-state index contributed by atoms with van der Waals surface area (Å²) in [6.07, 6.45) is 0. The molecule has 0 saturated carbocycles. The lowest BCUT2D eigenvalue weighted by molar-refractivity contribution is -0.130. The number of carbonyl (C=O) groups excluding carboxylic acids is 1. The number of esters is 1. The maximum atomic E-state index is 12.0. The van der Waals surface area contributed by atoms with Crippen LogP contribution < -0.4 is 4.74 Å². The first-order valence-corrected chi connectivity index (χ1v) is 6.18. The third-order valence-electron chi connectivity index (χ3n) is 3.03. The molecule has 0 bridgehead atoms. The van der Waals surface area contributed by atoms with E-state index < -0.39 is 0 Å². The third-order valence-corrected chi connectivity index (χ3v) is 3.03. The molecule has 0 N–H and O–H groups in total. The van der Waals surface area contributed by atoms with Crippen molar-refractivity contribution in [1.82, 2.24) is 0 Å². The van der Waals surface area contributed by atoms with E-state index in [4.69, 9.17) is 4.74 Å². The zero-order chi connectivity index (χ0) is 13.7. The van der Waals surface area contributed by atoms with Crippen LogP contribution in [-0.2, 0) is 4.79 Å². The largest absolute Gasteiger partial charge is 0.423 e. The van der Waals surface area contributed by atoms with Crippen molar-refractivity contribution >= 4 is 11.5 Å². The van der Waals surface area contributed by atoms with Crippen molar-refractivity contribution in [3.8, 4) is 5.75 Å². The standard InChI is InChI=1S/C17H16O2/c1-13(15-9-5-3-6-10-15)14(2)17(18)19-16-11-7-4-8-12-16/h3-12H,1-2H3. The Morgan fingerprint density at radius 3 is 1.95 bits per heavy atom. The summed E-state index contributed by atoms with van der Waals surface area (Å²) in [7, 11) is 0. The van der Waals surface area contributed by atoms with Crippen LogP contribution in [-0.4, -0.2) is 5.97 Å². The highest BCUT2D eigenvalue weighted by atomic mass is 16.5. The fourth-order valence-corrected chi connectivity index (χ4v) is 1.73. The van der Waals surface area contributed by atoms with Gasteiger partial charge in [0, 0.05) is 5.57 Å². The molecule has 0 atom stereocenters. The van der Waals surface area contributed by atoms with Gasteiger partial charge in [-0.2, -0.15) is 0 Å². The van der Waals surface area contributed by atoms with Crippen LogP contribution in [0.15, 0.2) is 66.2 Å². The third kappa shape index (κ3) is 3.32. The molecule has 96 valence electrons. The molecule has 0 aliphatic carbocycles. The molecule has 0 unspecified atom stereocenters. The quantitative estimate of drug-likeness (QED) is 0.467. The first kappa shape index (κ1) is 13.1. The molecule has 0 fully saturated rings. The topological polar surface area (TPSA) is 26.3 Å². The maximum absolute atomic E-state index is 12.0. The molecule has 0 radical (unpaired) electrons. The first-order chi connectivity index (χ1) is 9.18. The number of ether oxygens (including phenoxy) is 1. The van der Waals surface area contributed by atoms with Crippen molar-refractivity contribution in [3.05, 3.63) is 71.8 Å². The summed E-state index contributed by atoms with van der Waals surface area (Å²) in [5.74, 6) is 0.250. The molecule has 2 aromatic rings. The van der Waals surface area contributed by atoms with Gasteiger partial charge in [-0.05, 0) is 37.1 Å². The Labute approximate surface area is 113 Å². The summed E-state index contributed by atoms with van der Waals surface area (Å²) in [4.78, 5) is 12.0. The Balaban J connectivity index is 2.19. The molecule has 0 aromatic heterocycles. The summed E-state index contributed by atoms with van der Waals surface area (Å²) in [5.41, 5.74) is 2.58. The van der Waals surface area contributed by atoms with Gasteiger partial charge in [-0.1, -0.05) is 48.5 Å². The van der Waals surface area contributed by atoms with E-state index in [0.29, 0.717) is 11.3 Å². The SMILES string of the molecule is CC(C(=O)Oc1ccccc1)=C(C)c1ccccc1. The van der Waals surface area contributed by atoms with Gasteiger partial charge < -0.3 is 4.74 Å². The second kappa shape index (κ2) is 6.01. The average molecular weight is 252 g/mol. The molecule has 19 heavy (non-hydrogen) atoms. The number of para-hydroxylation sites is 1. The molecule has 0 aliphatic rings. The van der Waals surface area contributed by atoms with Gasteiger partial charge in [0.25, 0.3) is 0 Å². The van der Waals surface area contributed by atoms with Gasteiger partial charge in [0.2, 0.25) is 0 Å². The Bertz CT molecular complexity index is 583. The van der Waals surface area contributed by atoms with Crippen LogP contribution in [0.3, 0.4) is 0 Å². The van der Waals surface area contributed by atoms with Crippen molar-refractivity contribution in [2.75, 3.05) is 0 Å². The average Bonchev–Trinajstić information content (AvgIpc) is 2.47. The second-order valence-corrected chi connectivity index (χ2v) is 4.32. The molecule has 0 spiro atoms. The van der Waals surface area contributed by atoms with Gasteiger partial charge in [0.05, 0.1) is 0 Å². The molecule has 2 nitrogen and oxygen atoms in total. The Morgan fingerprint density at radius 2 is 1.37 bits per heavy atom. The minimum atomic E-state index is -0.312. The Morgan fingerprint density at radius 1 is 0.842 bits per heavy atom. The predicted octanol–water partition coefficient (Wildman–Crippen LogP) is 4.09. The van der Waals surface area contributed by atoms with E-state index in [1.54, 1.807) is 19.1 Å². The molecule has 0 aliphatic heterocycles. The van der Waals surface area contributed by atoms with E-state index in [2.05, 4.69) is 0 Å². The molecule has 2 aromatic carbocycles. The molecular weight excluding hydrogens is 236 g/mol. The van der Waals surface area contributed by atoms with Gasteiger partial charge in [-0.3, -0.25) is 0 Å².